The topological polar surface area (TPSA) is 69.6 Å². The van der Waals surface area contributed by atoms with Crippen LogP contribution in [0.1, 0.15) is 17.5 Å². The van der Waals surface area contributed by atoms with Crippen molar-refractivity contribution in [2.45, 2.75) is 44.0 Å². The standard InChI is InChI=1S/C24H27IN2O5/c1-27(2)24-26-20-19(31-24)13-18(23(28)32-25)21(29-14-16-9-5-3-6-10-16)22(20)30-15-17-11-7-4-8-12-17/h3-12,18-22H,13-15H2,1-2H3/t18-,19-,20-,21+,22+/m0/s1. The van der Waals surface area contributed by atoms with Gasteiger partial charge in [-0.15, -0.1) is 0 Å². The van der Waals surface area contributed by atoms with Gasteiger partial charge in [0, 0.05) is 20.5 Å². The SMILES string of the molecule is CN(C)C1=N[C@@H]2[C@@H](OCc3ccccc3)[C@H](OCc3ccccc3)[C@@H](C(=O)OI)C[C@@H]2O1. The number of hydrogen-bond acceptors (Lipinski definition) is 7. The first-order valence-electron chi connectivity index (χ1n) is 10.6. The lowest BCUT2D eigenvalue weighted by Gasteiger charge is -2.41. The van der Waals surface area contributed by atoms with Gasteiger partial charge in [-0.2, -0.15) is 0 Å². The molecule has 0 aromatic heterocycles. The van der Waals surface area contributed by atoms with Crippen LogP contribution < -0.4 is 0 Å². The monoisotopic (exact) mass is 550 g/mol. The molecule has 2 aromatic carbocycles. The fraction of sp³-hybridized carbons (Fsp3) is 0.417. The van der Waals surface area contributed by atoms with E-state index in [1.54, 1.807) is 23.0 Å². The van der Waals surface area contributed by atoms with Crippen LogP contribution in [0, 0.1) is 5.92 Å². The zero-order chi connectivity index (χ0) is 22.5. The van der Waals surface area contributed by atoms with Gasteiger partial charge in [0.25, 0.3) is 6.02 Å². The van der Waals surface area contributed by atoms with E-state index >= 15 is 0 Å². The summed E-state index contributed by atoms with van der Waals surface area (Å²) in [6.45, 7) is 0.753. The number of carbonyl (C=O) groups is 1. The Morgan fingerprint density at radius 2 is 1.56 bits per heavy atom. The van der Waals surface area contributed by atoms with Crippen molar-refractivity contribution in [3.63, 3.8) is 0 Å². The molecule has 0 bridgehead atoms. The van der Waals surface area contributed by atoms with Crippen LogP contribution in [0.4, 0.5) is 0 Å². The maximum atomic E-state index is 12.7. The molecule has 5 atom stereocenters. The van der Waals surface area contributed by atoms with Crippen molar-refractivity contribution >= 4 is 35.0 Å². The lowest BCUT2D eigenvalue weighted by atomic mass is 9.79. The van der Waals surface area contributed by atoms with E-state index in [1.165, 1.54) is 0 Å². The number of nitrogens with zero attached hydrogens (tertiary/aromatic N) is 2. The van der Waals surface area contributed by atoms with Gasteiger partial charge in [-0.3, -0.25) is 4.79 Å². The molecule has 7 nitrogen and oxygen atoms in total. The van der Waals surface area contributed by atoms with E-state index in [9.17, 15) is 4.79 Å². The molecule has 0 radical (unpaired) electrons. The largest absolute Gasteiger partial charge is 0.459 e. The molecule has 32 heavy (non-hydrogen) atoms. The first kappa shape index (κ1) is 23.0. The zero-order valence-electron chi connectivity index (χ0n) is 18.1. The maximum Gasteiger partial charge on any atom is 0.321 e. The van der Waals surface area contributed by atoms with Crippen LogP contribution in [0.15, 0.2) is 65.7 Å². The van der Waals surface area contributed by atoms with Gasteiger partial charge >= 0.3 is 5.97 Å². The molecule has 1 saturated carbocycles. The molecule has 8 heteroatoms. The smallest absolute Gasteiger partial charge is 0.321 e. The third-order valence-corrected chi connectivity index (χ3v) is 6.21. The third-order valence-electron chi connectivity index (χ3n) is 5.77. The fourth-order valence-electron chi connectivity index (χ4n) is 4.17. The van der Waals surface area contributed by atoms with Crippen molar-refractivity contribution in [1.29, 1.82) is 0 Å². The number of halogens is 1. The van der Waals surface area contributed by atoms with Gasteiger partial charge < -0.3 is 22.2 Å². The van der Waals surface area contributed by atoms with E-state index in [2.05, 4.69) is 0 Å². The van der Waals surface area contributed by atoms with Crippen LogP contribution in [-0.2, 0) is 35.3 Å². The van der Waals surface area contributed by atoms with Crippen LogP contribution >= 0.6 is 23.0 Å². The van der Waals surface area contributed by atoms with Gasteiger partial charge in [-0.05, 0) is 11.1 Å². The van der Waals surface area contributed by atoms with Gasteiger partial charge in [0.2, 0.25) is 0 Å². The molecule has 1 heterocycles. The van der Waals surface area contributed by atoms with E-state index in [-0.39, 0.29) is 18.1 Å². The second-order valence-electron chi connectivity index (χ2n) is 8.21. The van der Waals surface area contributed by atoms with Crippen LogP contribution in [0.3, 0.4) is 0 Å². The van der Waals surface area contributed by atoms with Crippen LogP contribution in [0.25, 0.3) is 0 Å². The Balaban J connectivity index is 1.61. The van der Waals surface area contributed by atoms with E-state index in [1.807, 2.05) is 79.7 Å². The molecule has 0 N–H and O–H groups in total. The first-order valence-corrected chi connectivity index (χ1v) is 11.5. The molecule has 4 rings (SSSR count). The van der Waals surface area contributed by atoms with E-state index in [0.29, 0.717) is 25.7 Å². The molecule has 0 spiro atoms. The average molecular weight is 550 g/mol. The van der Waals surface area contributed by atoms with Crippen LogP contribution in [0.5, 0.6) is 0 Å². The minimum absolute atomic E-state index is 0.268. The van der Waals surface area contributed by atoms with Crippen molar-refractivity contribution in [3.05, 3.63) is 71.8 Å². The van der Waals surface area contributed by atoms with Gasteiger partial charge in [-0.25, -0.2) is 4.99 Å². The highest BCUT2D eigenvalue weighted by Crippen LogP contribution is 2.38. The molecule has 1 aliphatic heterocycles. The number of carbonyl (C=O) groups excluding carboxylic acids is 1. The predicted molar refractivity (Wildman–Crippen MR) is 128 cm³/mol. The highest BCUT2D eigenvalue weighted by molar-refractivity contribution is 14.1. The summed E-state index contributed by atoms with van der Waals surface area (Å²) in [6, 6.07) is 20.1. The van der Waals surface area contributed by atoms with E-state index in [0.717, 1.165) is 11.1 Å². The van der Waals surface area contributed by atoms with Crippen molar-refractivity contribution < 1.29 is 22.1 Å². The van der Waals surface area contributed by atoms with Crippen molar-refractivity contribution in [2.24, 2.45) is 10.9 Å². The molecular formula is C24H27IN2O5. The first-order chi connectivity index (χ1) is 15.6. The quantitative estimate of drug-likeness (QED) is 0.490. The van der Waals surface area contributed by atoms with Gasteiger partial charge in [0.1, 0.15) is 18.2 Å². The number of amidine groups is 1. The predicted octanol–water partition coefficient (Wildman–Crippen LogP) is 3.76. The summed E-state index contributed by atoms with van der Waals surface area (Å²) in [6.07, 6.45) is -0.796. The molecule has 1 fully saturated rings. The Hall–Kier alpha value is -2.17. The van der Waals surface area contributed by atoms with Crippen LogP contribution in [-0.4, -0.2) is 55.3 Å². The normalized spacial score (nSPS) is 26.6. The minimum Gasteiger partial charge on any atom is -0.459 e. The summed E-state index contributed by atoms with van der Waals surface area (Å²) in [5.74, 6) is -0.855. The molecule has 170 valence electrons. The minimum atomic E-state index is -0.519. The van der Waals surface area contributed by atoms with Crippen molar-refractivity contribution in [1.82, 2.24) is 4.90 Å². The van der Waals surface area contributed by atoms with E-state index in [4.69, 9.17) is 22.3 Å². The lowest BCUT2D eigenvalue weighted by molar-refractivity contribution is -0.171. The number of aliphatic imine (C=N–C) groups is 1. The average Bonchev–Trinajstić information content (AvgIpc) is 3.26. The summed E-state index contributed by atoms with van der Waals surface area (Å²) < 4.78 is 23.9. The number of hydrogen-bond donors (Lipinski definition) is 0. The molecule has 2 aromatic rings. The summed E-state index contributed by atoms with van der Waals surface area (Å²) >= 11 is 1.63. The van der Waals surface area contributed by atoms with Gasteiger partial charge in [0.05, 0.1) is 25.2 Å². The second-order valence-corrected chi connectivity index (χ2v) is 8.65. The molecule has 1 aliphatic carbocycles. The Labute approximate surface area is 202 Å². The Morgan fingerprint density at radius 3 is 2.09 bits per heavy atom. The molecule has 2 aliphatic rings. The molecular weight excluding hydrogens is 523 g/mol. The number of fused-ring (bicyclic) bond motifs is 1. The number of rotatable bonds is 7. The second kappa shape index (κ2) is 10.6. The Bertz CT molecular complexity index is 925. The molecule has 0 amide bonds. The van der Waals surface area contributed by atoms with Crippen molar-refractivity contribution in [3.8, 4) is 0 Å². The number of ether oxygens (including phenoxy) is 3. The van der Waals surface area contributed by atoms with E-state index < -0.39 is 18.1 Å². The molecule has 0 unspecified atom stereocenters. The fourth-order valence-corrected chi connectivity index (χ4v) is 4.50. The van der Waals surface area contributed by atoms with Gasteiger partial charge in [-0.1, -0.05) is 60.7 Å². The summed E-state index contributed by atoms with van der Waals surface area (Å²) in [5.41, 5.74) is 2.07. The van der Waals surface area contributed by atoms with Crippen molar-refractivity contribution in [2.75, 3.05) is 14.1 Å². The molecule has 0 saturated heterocycles. The zero-order valence-corrected chi connectivity index (χ0v) is 20.3. The number of benzene rings is 2. The highest BCUT2D eigenvalue weighted by atomic mass is 127. The highest BCUT2D eigenvalue weighted by Gasteiger charge is 2.53. The Kier molecular flexibility index (Phi) is 7.64. The summed E-state index contributed by atoms with van der Waals surface area (Å²) in [4.78, 5) is 19.4. The lowest BCUT2D eigenvalue weighted by Crippen LogP contribution is -2.56. The van der Waals surface area contributed by atoms with Gasteiger partial charge in [0.15, 0.2) is 23.0 Å². The van der Waals surface area contributed by atoms with Crippen LogP contribution in [0.2, 0.25) is 0 Å². The maximum absolute atomic E-state index is 12.7. The summed E-state index contributed by atoms with van der Waals surface area (Å²) in [7, 11) is 3.77. The Morgan fingerprint density at radius 1 is 1.00 bits per heavy atom. The third kappa shape index (κ3) is 5.24. The summed E-state index contributed by atoms with van der Waals surface area (Å²) in [5, 5.41) is 0.